The Hall–Kier alpha value is -3.15. The van der Waals surface area contributed by atoms with Gasteiger partial charge in [-0.15, -0.1) is 0 Å². The van der Waals surface area contributed by atoms with E-state index in [2.05, 4.69) is 10.2 Å². The Morgan fingerprint density at radius 1 is 0.957 bits per heavy atom. The first-order valence-electron chi connectivity index (χ1n) is 6.94. The predicted molar refractivity (Wildman–Crippen MR) is 85.3 cm³/mol. The molecule has 0 saturated heterocycles. The van der Waals surface area contributed by atoms with Crippen LogP contribution in [0.15, 0.2) is 48.7 Å². The van der Waals surface area contributed by atoms with Crippen LogP contribution in [0.5, 0.6) is 28.7 Å². The average molecular weight is 312 g/mol. The molecule has 0 saturated carbocycles. The summed E-state index contributed by atoms with van der Waals surface area (Å²) < 4.78 is 16.2. The van der Waals surface area contributed by atoms with Crippen molar-refractivity contribution >= 4 is 0 Å². The number of para-hydroxylation sites is 2. The molecule has 3 aromatic rings. The maximum Gasteiger partial charge on any atom is 0.173 e. The first-order chi connectivity index (χ1) is 11.2. The van der Waals surface area contributed by atoms with E-state index < -0.39 is 0 Å². The first kappa shape index (κ1) is 14.8. The molecule has 0 spiro atoms. The van der Waals surface area contributed by atoms with Gasteiger partial charge >= 0.3 is 0 Å². The van der Waals surface area contributed by atoms with E-state index in [-0.39, 0.29) is 5.75 Å². The lowest BCUT2D eigenvalue weighted by Gasteiger charge is -2.11. The molecule has 0 bridgehead atoms. The highest BCUT2D eigenvalue weighted by molar-refractivity contribution is 5.73. The highest BCUT2D eigenvalue weighted by atomic mass is 16.5. The van der Waals surface area contributed by atoms with Crippen molar-refractivity contribution in [1.82, 2.24) is 10.2 Å². The minimum absolute atomic E-state index is 0.0680. The van der Waals surface area contributed by atoms with Crippen LogP contribution in [0.3, 0.4) is 0 Å². The van der Waals surface area contributed by atoms with Crippen molar-refractivity contribution < 1.29 is 19.3 Å². The minimum atomic E-state index is 0.0680. The van der Waals surface area contributed by atoms with E-state index in [1.807, 2.05) is 12.1 Å². The third-order valence-corrected chi connectivity index (χ3v) is 3.37. The van der Waals surface area contributed by atoms with Gasteiger partial charge in [0.15, 0.2) is 17.2 Å². The van der Waals surface area contributed by atoms with Crippen molar-refractivity contribution in [2.75, 3.05) is 14.2 Å². The number of phenols is 1. The van der Waals surface area contributed by atoms with Gasteiger partial charge in [0.2, 0.25) is 0 Å². The van der Waals surface area contributed by atoms with Gasteiger partial charge in [-0.1, -0.05) is 12.1 Å². The monoisotopic (exact) mass is 312 g/mol. The van der Waals surface area contributed by atoms with Crippen LogP contribution in [0, 0.1) is 0 Å². The number of ether oxygens (including phenoxy) is 3. The molecule has 0 atom stereocenters. The molecule has 0 aliphatic carbocycles. The van der Waals surface area contributed by atoms with Gasteiger partial charge in [-0.05, 0) is 24.3 Å². The zero-order chi connectivity index (χ0) is 16.2. The molecule has 0 fully saturated rings. The van der Waals surface area contributed by atoms with Gasteiger partial charge in [0.25, 0.3) is 0 Å². The second-order valence-corrected chi connectivity index (χ2v) is 4.75. The van der Waals surface area contributed by atoms with E-state index >= 15 is 0 Å². The number of aromatic hydroxyl groups is 1. The summed E-state index contributed by atoms with van der Waals surface area (Å²) in [5.41, 5.74) is 1.13. The summed E-state index contributed by atoms with van der Waals surface area (Å²) in [5, 5.41) is 17.0. The maximum atomic E-state index is 10.2. The predicted octanol–water partition coefficient (Wildman–Crippen LogP) is 3.59. The Morgan fingerprint density at radius 3 is 2.43 bits per heavy atom. The third-order valence-electron chi connectivity index (χ3n) is 3.37. The van der Waals surface area contributed by atoms with Gasteiger partial charge in [-0.2, -0.15) is 5.10 Å². The number of aromatic amines is 1. The fourth-order valence-electron chi connectivity index (χ4n) is 2.22. The molecule has 3 rings (SSSR count). The lowest BCUT2D eigenvalue weighted by atomic mass is 10.1. The van der Waals surface area contributed by atoms with Crippen molar-refractivity contribution in [2.24, 2.45) is 0 Å². The summed E-state index contributed by atoms with van der Waals surface area (Å²) in [6.07, 6.45) is 1.55. The van der Waals surface area contributed by atoms with E-state index in [4.69, 9.17) is 14.2 Å². The number of H-pyrrole nitrogens is 1. The quantitative estimate of drug-likeness (QED) is 0.753. The molecule has 0 unspecified atom stereocenters. The van der Waals surface area contributed by atoms with Crippen LogP contribution in [-0.4, -0.2) is 29.5 Å². The molecule has 0 aliphatic rings. The summed E-state index contributed by atoms with van der Waals surface area (Å²) in [4.78, 5) is 0. The molecule has 6 nitrogen and oxygen atoms in total. The Bertz CT molecular complexity index is 814. The van der Waals surface area contributed by atoms with Crippen LogP contribution in [0.1, 0.15) is 0 Å². The lowest BCUT2D eigenvalue weighted by molar-refractivity contribution is 0.379. The highest BCUT2D eigenvalue weighted by Gasteiger charge is 2.15. The van der Waals surface area contributed by atoms with E-state index in [1.165, 1.54) is 6.07 Å². The molecule has 6 heteroatoms. The summed E-state index contributed by atoms with van der Waals surface area (Å²) >= 11 is 0. The van der Waals surface area contributed by atoms with E-state index in [0.29, 0.717) is 34.3 Å². The maximum absolute atomic E-state index is 10.2. The van der Waals surface area contributed by atoms with E-state index in [9.17, 15) is 5.11 Å². The molecule has 23 heavy (non-hydrogen) atoms. The molecule has 1 aromatic heterocycles. The number of nitrogens with zero attached hydrogens (tertiary/aromatic N) is 1. The van der Waals surface area contributed by atoms with Crippen molar-refractivity contribution in [3.05, 3.63) is 48.7 Å². The van der Waals surface area contributed by atoms with Crippen LogP contribution in [-0.2, 0) is 0 Å². The minimum Gasteiger partial charge on any atom is -0.507 e. The average Bonchev–Trinajstić information content (AvgIpc) is 3.03. The van der Waals surface area contributed by atoms with E-state index in [1.54, 1.807) is 44.7 Å². The molecule has 0 radical (unpaired) electrons. The van der Waals surface area contributed by atoms with Crippen LogP contribution >= 0.6 is 0 Å². The number of rotatable bonds is 5. The van der Waals surface area contributed by atoms with Crippen LogP contribution in [0.2, 0.25) is 0 Å². The zero-order valence-electron chi connectivity index (χ0n) is 12.7. The van der Waals surface area contributed by atoms with Crippen molar-refractivity contribution in [3.8, 4) is 40.0 Å². The second kappa shape index (κ2) is 6.31. The van der Waals surface area contributed by atoms with Gasteiger partial charge in [-0.25, -0.2) is 0 Å². The Kier molecular flexibility index (Phi) is 4.05. The van der Waals surface area contributed by atoms with Gasteiger partial charge in [0, 0.05) is 11.6 Å². The molecule has 0 aliphatic heterocycles. The van der Waals surface area contributed by atoms with Gasteiger partial charge in [0.05, 0.1) is 20.4 Å². The molecule has 1 heterocycles. The van der Waals surface area contributed by atoms with Crippen molar-refractivity contribution in [3.63, 3.8) is 0 Å². The number of hydrogen-bond acceptors (Lipinski definition) is 5. The summed E-state index contributed by atoms with van der Waals surface area (Å²) in [7, 11) is 3.12. The number of phenolic OH excluding ortho intramolecular Hbond substituents is 1. The smallest absolute Gasteiger partial charge is 0.173 e. The van der Waals surface area contributed by atoms with Gasteiger partial charge in [0.1, 0.15) is 17.2 Å². The topological polar surface area (TPSA) is 76.6 Å². The highest BCUT2D eigenvalue weighted by Crippen LogP contribution is 2.39. The fourth-order valence-corrected chi connectivity index (χ4v) is 2.22. The zero-order valence-corrected chi connectivity index (χ0v) is 12.7. The number of nitrogens with one attached hydrogen (secondary N) is 1. The molecular formula is C17H16N2O4. The van der Waals surface area contributed by atoms with Crippen molar-refractivity contribution in [1.29, 1.82) is 0 Å². The normalized spacial score (nSPS) is 10.3. The van der Waals surface area contributed by atoms with Gasteiger partial charge < -0.3 is 19.3 Å². The number of methoxy groups -OCH3 is 2. The summed E-state index contributed by atoms with van der Waals surface area (Å²) in [6.45, 7) is 0. The lowest BCUT2D eigenvalue weighted by Crippen LogP contribution is -1.91. The van der Waals surface area contributed by atoms with Crippen LogP contribution in [0.4, 0.5) is 0 Å². The number of hydrogen-bond donors (Lipinski definition) is 2. The SMILES string of the molecule is COc1ccc(-c2[nH]ncc2Oc2ccccc2OC)c(O)c1. The number of benzene rings is 2. The number of aromatic nitrogens is 2. The van der Waals surface area contributed by atoms with E-state index in [0.717, 1.165) is 0 Å². The largest absolute Gasteiger partial charge is 0.507 e. The molecule has 118 valence electrons. The Labute approximate surface area is 133 Å². The van der Waals surface area contributed by atoms with Crippen LogP contribution < -0.4 is 14.2 Å². The Morgan fingerprint density at radius 2 is 1.74 bits per heavy atom. The first-order valence-corrected chi connectivity index (χ1v) is 6.94. The standard InChI is InChI=1S/C17H16N2O4/c1-21-11-7-8-12(13(20)9-11)17-16(10-18-19-17)23-15-6-4-3-5-14(15)22-2/h3-10,20H,1-2H3,(H,18,19). The molecule has 2 aromatic carbocycles. The molecule has 0 amide bonds. The third kappa shape index (κ3) is 2.91. The second-order valence-electron chi connectivity index (χ2n) is 4.75. The van der Waals surface area contributed by atoms with Gasteiger partial charge in [-0.3, -0.25) is 5.10 Å². The fraction of sp³-hybridized carbons (Fsp3) is 0.118. The summed E-state index contributed by atoms with van der Waals surface area (Å²) in [5.74, 6) is 2.29. The van der Waals surface area contributed by atoms with Crippen molar-refractivity contribution in [2.45, 2.75) is 0 Å². The molecular weight excluding hydrogens is 296 g/mol. The molecule has 2 N–H and O–H groups in total. The Balaban J connectivity index is 1.97. The van der Waals surface area contributed by atoms with Crippen LogP contribution in [0.25, 0.3) is 11.3 Å². The summed E-state index contributed by atoms with van der Waals surface area (Å²) in [6, 6.07) is 12.3.